The summed E-state index contributed by atoms with van der Waals surface area (Å²) in [5.41, 5.74) is 2.46. The van der Waals surface area contributed by atoms with Crippen molar-refractivity contribution in [1.29, 1.82) is 0 Å². The smallest absolute Gasteiger partial charge is 0.191 e. The number of hydrogen-bond donors (Lipinski definition) is 2. The molecule has 4 nitrogen and oxygen atoms in total. The molecule has 0 spiro atoms. The summed E-state index contributed by atoms with van der Waals surface area (Å²) in [7, 11) is 1.69. The number of benzene rings is 2. The van der Waals surface area contributed by atoms with Crippen LogP contribution in [0.1, 0.15) is 24.5 Å². The summed E-state index contributed by atoms with van der Waals surface area (Å²) < 4.78 is 5.38. The highest BCUT2D eigenvalue weighted by Gasteiger charge is 2.02. The maximum Gasteiger partial charge on any atom is 0.191 e. The summed E-state index contributed by atoms with van der Waals surface area (Å²) in [6.45, 7) is 4.41. The molecule has 2 N–H and O–H groups in total. The molecule has 0 saturated carbocycles. The predicted octanol–water partition coefficient (Wildman–Crippen LogP) is 3.38. The minimum absolute atomic E-state index is 0.595. The van der Waals surface area contributed by atoms with Gasteiger partial charge in [0, 0.05) is 18.7 Å². The van der Waals surface area contributed by atoms with Crippen molar-refractivity contribution in [2.24, 2.45) is 4.99 Å². The number of para-hydroxylation sites is 1. The predicted molar refractivity (Wildman–Crippen MR) is 101 cm³/mol. The third-order valence-corrected chi connectivity index (χ3v) is 3.72. The lowest BCUT2D eigenvalue weighted by Crippen LogP contribution is -2.37. The molecule has 0 atom stereocenters. The van der Waals surface area contributed by atoms with E-state index >= 15 is 0 Å². The van der Waals surface area contributed by atoms with Crippen molar-refractivity contribution >= 4 is 5.96 Å². The van der Waals surface area contributed by atoms with Crippen LogP contribution in [-0.4, -0.2) is 26.2 Å². The number of nitrogens with one attached hydrogen (secondary N) is 2. The van der Waals surface area contributed by atoms with Crippen LogP contribution in [0.25, 0.3) is 0 Å². The third-order valence-electron chi connectivity index (χ3n) is 3.72. The van der Waals surface area contributed by atoms with Crippen LogP contribution >= 0.6 is 0 Å². The van der Waals surface area contributed by atoms with Gasteiger partial charge in [-0.2, -0.15) is 0 Å². The lowest BCUT2D eigenvalue weighted by Gasteiger charge is -2.12. The largest absolute Gasteiger partial charge is 0.496 e. The highest BCUT2D eigenvalue weighted by atomic mass is 16.5. The first-order chi connectivity index (χ1) is 11.8. The van der Waals surface area contributed by atoms with Crippen LogP contribution in [-0.2, 0) is 13.0 Å². The monoisotopic (exact) mass is 325 g/mol. The van der Waals surface area contributed by atoms with Crippen LogP contribution in [0.5, 0.6) is 5.75 Å². The Morgan fingerprint density at radius 1 is 1.00 bits per heavy atom. The molecule has 0 aliphatic carbocycles. The van der Waals surface area contributed by atoms with Crippen molar-refractivity contribution in [1.82, 2.24) is 10.6 Å². The van der Waals surface area contributed by atoms with Gasteiger partial charge in [-0.25, -0.2) is 4.99 Å². The molecular weight excluding hydrogens is 298 g/mol. The van der Waals surface area contributed by atoms with Crippen molar-refractivity contribution in [2.75, 3.05) is 20.2 Å². The summed E-state index contributed by atoms with van der Waals surface area (Å²) >= 11 is 0. The van der Waals surface area contributed by atoms with Gasteiger partial charge in [0.15, 0.2) is 5.96 Å². The molecule has 128 valence electrons. The molecule has 2 aromatic rings. The van der Waals surface area contributed by atoms with E-state index in [1.54, 1.807) is 7.11 Å². The van der Waals surface area contributed by atoms with Crippen LogP contribution in [0.2, 0.25) is 0 Å². The quantitative estimate of drug-likeness (QED) is 0.444. The summed E-state index contributed by atoms with van der Waals surface area (Å²) in [5.74, 6) is 1.72. The fourth-order valence-corrected chi connectivity index (χ4v) is 2.48. The van der Waals surface area contributed by atoms with Crippen molar-refractivity contribution < 1.29 is 4.74 Å². The van der Waals surface area contributed by atoms with Gasteiger partial charge >= 0.3 is 0 Å². The van der Waals surface area contributed by atoms with E-state index in [1.165, 1.54) is 5.56 Å². The Labute approximate surface area is 145 Å². The van der Waals surface area contributed by atoms with Crippen LogP contribution < -0.4 is 15.4 Å². The fourth-order valence-electron chi connectivity index (χ4n) is 2.48. The molecule has 0 aliphatic heterocycles. The molecule has 0 unspecified atom stereocenters. The molecule has 0 aliphatic rings. The highest BCUT2D eigenvalue weighted by Crippen LogP contribution is 2.17. The van der Waals surface area contributed by atoms with Gasteiger partial charge in [0.25, 0.3) is 0 Å². The fraction of sp³-hybridized carbons (Fsp3) is 0.350. The molecular formula is C20H27N3O. The molecule has 0 bridgehead atoms. The molecule has 2 rings (SSSR count). The number of nitrogens with zero attached hydrogens (tertiary/aromatic N) is 1. The van der Waals surface area contributed by atoms with E-state index < -0.39 is 0 Å². The minimum atomic E-state index is 0.595. The van der Waals surface area contributed by atoms with E-state index in [1.807, 2.05) is 24.3 Å². The maximum absolute atomic E-state index is 5.38. The Bertz CT molecular complexity index is 626. The molecule has 2 aromatic carbocycles. The molecule has 24 heavy (non-hydrogen) atoms. The first-order valence-corrected chi connectivity index (χ1v) is 8.51. The Kier molecular flexibility index (Phi) is 7.68. The molecule has 0 radical (unpaired) electrons. The van der Waals surface area contributed by atoms with Crippen molar-refractivity contribution in [3.8, 4) is 5.75 Å². The van der Waals surface area contributed by atoms with Gasteiger partial charge < -0.3 is 15.4 Å². The molecule has 4 heteroatoms. The maximum atomic E-state index is 5.38. The summed E-state index contributed by atoms with van der Waals surface area (Å²) in [6, 6.07) is 18.5. The second-order valence-electron chi connectivity index (χ2n) is 5.52. The van der Waals surface area contributed by atoms with Gasteiger partial charge in [-0.3, -0.25) is 0 Å². The summed E-state index contributed by atoms with van der Waals surface area (Å²) in [4.78, 5) is 4.65. The average Bonchev–Trinajstić information content (AvgIpc) is 2.64. The van der Waals surface area contributed by atoms with E-state index in [4.69, 9.17) is 4.74 Å². The highest BCUT2D eigenvalue weighted by molar-refractivity contribution is 5.79. The number of rotatable bonds is 8. The Balaban J connectivity index is 1.84. The number of aliphatic imine (C=N–C) groups is 1. The van der Waals surface area contributed by atoms with Crippen molar-refractivity contribution in [3.05, 3.63) is 65.7 Å². The van der Waals surface area contributed by atoms with E-state index in [0.717, 1.165) is 43.2 Å². The molecule has 0 fully saturated rings. The van der Waals surface area contributed by atoms with E-state index in [9.17, 15) is 0 Å². The number of methoxy groups -OCH3 is 1. The Morgan fingerprint density at radius 2 is 1.75 bits per heavy atom. The lowest BCUT2D eigenvalue weighted by molar-refractivity contribution is 0.410. The van der Waals surface area contributed by atoms with Crippen LogP contribution in [0.3, 0.4) is 0 Å². The van der Waals surface area contributed by atoms with Gasteiger partial charge in [-0.05, 0) is 31.4 Å². The molecule has 0 heterocycles. The third kappa shape index (κ3) is 5.95. The van der Waals surface area contributed by atoms with Gasteiger partial charge in [-0.15, -0.1) is 0 Å². The van der Waals surface area contributed by atoms with E-state index in [0.29, 0.717) is 6.54 Å². The zero-order valence-corrected chi connectivity index (χ0v) is 14.6. The minimum Gasteiger partial charge on any atom is -0.496 e. The van der Waals surface area contributed by atoms with Crippen LogP contribution in [0.15, 0.2) is 59.6 Å². The molecule has 0 amide bonds. The van der Waals surface area contributed by atoms with Crippen LogP contribution in [0.4, 0.5) is 0 Å². The average molecular weight is 325 g/mol. The second-order valence-corrected chi connectivity index (χ2v) is 5.52. The standard InChI is InChI=1S/C20H27N3O/c1-3-21-20(22-15-9-12-17-10-5-4-6-11-17)23-16-18-13-7-8-14-19(18)24-2/h4-8,10-11,13-14H,3,9,12,15-16H2,1-2H3,(H2,21,22,23). The first kappa shape index (κ1) is 17.9. The van der Waals surface area contributed by atoms with Gasteiger partial charge in [0.2, 0.25) is 0 Å². The molecule has 0 saturated heterocycles. The Morgan fingerprint density at radius 3 is 2.50 bits per heavy atom. The number of hydrogen-bond acceptors (Lipinski definition) is 2. The van der Waals surface area contributed by atoms with Gasteiger partial charge in [-0.1, -0.05) is 48.5 Å². The zero-order valence-electron chi connectivity index (χ0n) is 14.6. The molecule has 0 aromatic heterocycles. The number of ether oxygens (including phenoxy) is 1. The lowest BCUT2D eigenvalue weighted by atomic mass is 10.1. The Hall–Kier alpha value is -2.49. The van der Waals surface area contributed by atoms with E-state index in [2.05, 4.69) is 52.9 Å². The SMILES string of the molecule is CCNC(=NCc1ccccc1OC)NCCCc1ccccc1. The van der Waals surface area contributed by atoms with E-state index in [-0.39, 0.29) is 0 Å². The van der Waals surface area contributed by atoms with Crippen molar-refractivity contribution in [3.63, 3.8) is 0 Å². The van der Waals surface area contributed by atoms with Crippen molar-refractivity contribution in [2.45, 2.75) is 26.3 Å². The number of guanidine groups is 1. The zero-order chi connectivity index (χ0) is 17.0. The van der Waals surface area contributed by atoms with Gasteiger partial charge in [0.1, 0.15) is 5.75 Å². The summed E-state index contributed by atoms with van der Waals surface area (Å²) in [5, 5.41) is 6.68. The van der Waals surface area contributed by atoms with Gasteiger partial charge in [0.05, 0.1) is 13.7 Å². The van der Waals surface area contributed by atoms with Crippen LogP contribution in [0, 0.1) is 0 Å². The summed E-state index contributed by atoms with van der Waals surface area (Å²) in [6.07, 6.45) is 2.14. The number of aryl methyl sites for hydroxylation is 1. The second kappa shape index (κ2) is 10.3. The topological polar surface area (TPSA) is 45.7 Å². The first-order valence-electron chi connectivity index (χ1n) is 8.51. The normalized spacial score (nSPS) is 11.2.